The first-order valence-electron chi connectivity index (χ1n) is 6.39. The molecule has 3 aromatic rings. The van der Waals surface area contributed by atoms with E-state index in [0.29, 0.717) is 16.5 Å². The zero-order valence-corrected chi connectivity index (χ0v) is 12.1. The van der Waals surface area contributed by atoms with Crippen molar-refractivity contribution in [1.29, 1.82) is 0 Å². The molecule has 0 atom stereocenters. The molecule has 0 aliphatic carbocycles. The highest BCUT2D eigenvalue weighted by molar-refractivity contribution is 6.30. The molecule has 0 saturated heterocycles. The number of hydrogen-bond acceptors (Lipinski definition) is 3. The Morgan fingerprint density at radius 2 is 1.86 bits per heavy atom. The van der Waals surface area contributed by atoms with Gasteiger partial charge in [0.05, 0.1) is 10.6 Å². The minimum Gasteiger partial charge on any atom is -0.360 e. The Hall–Kier alpha value is -2.57. The van der Waals surface area contributed by atoms with Crippen LogP contribution in [0.2, 0.25) is 5.02 Å². The van der Waals surface area contributed by atoms with E-state index >= 15 is 0 Å². The molecule has 4 heteroatoms. The number of pyridine rings is 1. The lowest BCUT2D eigenvalue weighted by molar-refractivity contribution is 0.399. The van der Waals surface area contributed by atoms with Crippen LogP contribution in [0.25, 0.3) is 11.3 Å². The Balaban J connectivity index is 2.01. The fourth-order valence-corrected chi connectivity index (χ4v) is 2.00. The molecule has 2 aromatic heterocycles. The Bertz CT molecular complexity index is 811. The molecular formula is C17H11ClN2O. The molecule has 2 heterocycles. The first-order chi connectivity index (χ1) is 10.2. The summed E-state index contributed by atoms with van der Waals surface area (Å²) in [6, 6.07) is 13.4. The summed E-state index contributed by atoms with van der Waals surface area (Å²) in [6.07, 6.45) is 1.57. The first kappa shape index (κ1) is 13.4. The van der Waals surface area contributed by atoms with Gasteiger partial charge in [-0.25, -0.2) is 4.98 Å². The van der Waals surface area contributed by atoms with Gasteiger partial charge in [0.1, 0.15) is 17.1 Å². The average Bonchev–Trinajstić information content (AvgIpc) is 2.89. The minimum absolute atomic E-state index is 0.590. The summed E-state index contributed by atoms with van der Waals surface area (Å²) in [5.41, 5.74) is 3.15. The van der Waals surface area contributed by atoms with Gasteiger partial charge in [0, 0.05) is 11.8 Å². The standard InChI is InChI=1S/C17H11ClN2O/c1-12-16(10-9-15-8-7-14(18)11-19-15)17(20-21-12)13-5-3-2-4-6-13/h2-8,11H,1H3. The molecule has 21 heavy (non-hydrogen) atoms. The summed E-state index contributed by atoms with van der Waals surface area (Å²) in [5.74, 6) is 6.78. The van der Waals surface area contributed by atoms with Crippen LogP contribution >= 0.6 is 11.6 Å². The first-order valence-corrected chi connectivity index (χ1v) is 6.77. The van der Waals surface area contributed by atoms with Crippen molar-refractivity contribution in [2.24, 2.45) is 0 Å². The molecule has 0 radical (unpaired) electrons. The summed E-state index contributed by atoms with van der Waals surface area (Å²) >= 11 is 5.81. The number of rotatable bonds is 1. The van der Waals surface area contributed by atoms with E-state index in [-0.39, 0.29) is 0 Å². The average molecular weight is 295 g/mol. The molecule has 3 rings (SSSR count). The van der Waals surface area contributed by atoms with Gasteiger partial charge in [0.25, 0.3) is 0 Å². The van der Waals surface area contributed by atoms with Gasteiger partial charge in [-0.05, 0) is 25.0 Å². The van der Waals surface area contributed by atoms with E-state index in [9.17, 15) is 0 Å². The highest BCUT2D eigenvalue weighted by atomic mass is 35.5. The SMILES string of the molecule is Cc1onc(-c2ccccc2)c1C#Cc1ccc(Cl)cn1. The Kier molecular flexibility index (Phi) is 3.72. The fraction of sp³-hybridized carbons (Fsp3) is 0.0588. The molecule has 0 bridgehead atoms. The van der Waals surface area contributed by atoms with Crippen molar-refractivity contribution in [1.82, 2.24) is 10.1 Å². The number of benzene rings is 1. The van der Waals surface area contributed by atoms with E-state index in [4.69, 9.17) is 16.1 Å². The molecule has 0 spiro atoms. The van der Waals surface area contributed by atoms with Crippen LogP contribution in [-0.2, 0) is 0 Å². The lowest BCUT2D eigenvalue weighted by Crippen LogP contribution is -1.84. The number of hydrogen-bond donors (Lipinski definition) is 0. The normalized spacial score (nSPS) is 10.0. The van der Waals surface area contributed by atoms with Gasteiger partial charge in [-0.3, -0.25) is 0 Å². The largest absolute Gasteiger partial charge is 0.360 e. The monoisotopic (exact) mass is 294 g/mol. The summed E-state index contributed by atoms with van der Waals surface area (Å²) < 4.78 is 5.26. The molecule has 0 saturated carbocycles. The van der Waals surface area contributed by atoms with Crippen LogP contribution in [0.5, 0.6) is 0 Å². The predicted molar refractivity (Wildman–Crippen MR) is 81.9 cm³/mol. The van der Waals surface area contributed by atoms with Crippen molar-refractivity contribution in [3.63, 3.8) is 0 Å². The molecule has 3 nitrogen and oxygen atoms in total. The van der Waals surface area contributed by atoms with Gasteiger partial charge in [-0.2, -0.15) is 0 Å². The van der Waals surface area contributed by atoms with Crippen molar-refractivity contribution in [2.75, 3.05) is 0 Å². The summed E-state index contributed by atoms with van der Waals surface area (Å²) in [6.45, 7) is 1.85. The van der Waals surface area contributed by atoms with E-state index in [0.717, 1.165) is 16.8 Å². The molecule has 0 unspecified atom stereocenters. The van der Waals surface area contributed by atoms with Gasteiger partial charge < -0.3 is 4.52 Å². The molecule has 0 aliphatic heterocycles. The molecule has 0 fully saturated rings. The van der Waals surface area contributed by atoms with E-state index < -0.39 is 0 Å². The number of aryl methyl sites for hydroxylation is 1. The minimum atomic E-state index is 0.590. The second-order valence-electron chi connectivity index (χ2n) is 4.44. The van der Waals surface area contributed by atoms with Crippen LogP contribution in [0.4, 0.5) is 0 Å². The molecule has 0 N–H and O–H groups in total. The lowest BCUT2D eigenvalue weighted by Gasteiger charge is -1.95. The number of halogens is 1. The van der Waals surface area contributed by atoms with E-state index in [1.54, 1.807) is 18.3 Å². The maximum absolute atomic E-state index is 5.81. The van der Waals surface area contributed by atoms with Crippen LogP contribution in [0.15, 0.2) is 53.2 Å². The Morgan fingerprint density at radius 1 is 1.05 bits per heavy atom. The summed E-state index contributed by atoms with van der Waals surface area (Å²) in [7, 11) is 0. The van der Waals surface area contributed by atoms with Crippen LogP contribution in [-0.4, -0.2) is 10.1 Å². The van der Waals surface area contributed by atoms with E-state index in [1.807, 2.05) is 37.3 Å². The Labute approximate surface area is 127 Å². The smallest absolute Gasteiger partial charge is 0.149 e. The predicted octanol–water partition coefficient (Wildman–Crippen LogP) is 4.10. The Morgan fingerprint density at radius 3 is 2.57 bits per heavy atom. The highest BCUT2D eigenvalue weighted by Crippen LogP contribution is 2.24. The third kappa shape index (κ3) is 2.96. The molecule has 1 aromatic carbocycles. The van der Waals surface area contributed by atoms with Gasteiger partial charge in [-0.15, -0.1) is 0 Å². The lowest BCUT2D eigenvalue weighted by atomic mass is 10.1. The van der Waals surface area contributed by atoms with Crippen LogP contribution < -0.4 is 0 Å². The topological polar surface area (TPSA) is 38.9 Å². The molecule has 102 valence electrons. The number of nitrogens with zero attached hydrogens (tertiary/aromatic N) is 2. The highest BCUT2D eigenvalue weighted by Gasteiger charge is 2.12. The van der Waals surface area contributed by atoms with E-state index in [2.05, 4.69) is 22.0 Å². The van der Waals surface area contributed by atoms with Crippen LogP contribution in [0, 0.1) is 18.8 Å². The zero-order chi connectivity index (χ0) is 14.7. The maximum Gasteiger partial charge on any atom is 0.149 e. The summed E-state index contributed by atoms with van der Waals surface area (Å²) in [5, 5.41) is 4.68. The van der Waals surface area contributed by atoms with Gasteiger partial charge in [-0.1, -0.05) is 53.0 Å². The van der Waals surface area contributed by atoms with Gasteiger partial charge in [0.2, 0.25) is 0 Å². The van der Waals surface area contributed by atoms with Crippen molar-refractivity contribution in [3.8, 4) is 23.1 Å². The molecule has 0 amide bonds. The van der Waals surface area contributed by atoms with Crippen molar-refractivity contribution in [2.45, 2.75) is 6.92 Å². The van der Waals surface area contributed by atoms with Crippen LogP contribution in [0.1, 0.15) is 17.0 Å². The van der Waals surface area contributed by atoms with Crippen molar-refractivity contribution in [3.05, 3.63) is 70.7 Å². The third-order valence-corrected chi connectivity index (χ3v) is 3.18. The molecule has 0 aliphatic rings. The second-order valence-corrected chi connectivity index (χ2v) is 4.88. The van der Waals surface area contributed by atoms with Gasteiger partial charge >= 0.3 is 0 Å². The fourth-order valence-electron chi connectivity index (χ4n) is 1.89. The summed E-state index contributed by atoms with van der Waals surface area (Å²) in [4.78, 5) is 4.15. The number of aromatic nitrogens is 2. The van der Waals surface area contributed by atoms with E-state index in [1.165, 1.54) is 0 Å². The van der Waals surface area contributed by atoms with Gasteiger partial charge in [0.15, 0.2) is 0 Å². The van der Waals surface area contributed by atoms with Crippen molar-refractivity contribution < 1.29 is 4.52 Å². The maximum atomic E-state index is 5.81. The third-order valence-electron chi connectivity index (χ3n) is 2.95. The van der Waals surface area contributed by atoms with Crippen molar-refractivity contribution >= 4 is 11.6 Å². The molecular weight excluding hydrogens is 284 g/mol. The second kappa shape index (κ2) is 5.82. The quantitative estimate of drug-likeness (QED) is 0.634. The zero-order valence-electron chi connectivity index (χ0n) is 11.3. The van der Waals surface area contributed by atoms with Crippen LogP contribution in [0.3, 0.4) is 0 Å².